The second-order valence-electron chi connectivity index (χ2n) is 5.51. The molecule has 0 aromatic heterocycles. The van der Waals surface area contributed by atoms with Gasteiger partial charge in [-0.1, -0.05) is 31.2 Å². The highest BCUT2D eigenvalue weighted by Gasteiger charge is 2.21. The molecule has 0 saturated heterocycles. The molecule has 0 bridgehead atoms. The molecule has 0 spiro atoms. The molecule has 2 unspecified atom stereocenters. The minimum absolute atomic E-state index is 0.116. The van der Waals surface area contributed by atoms with Gasteiger partial charge in [0.05, 0.1) is 5.92 Å². The summed E-state index contributed by atoms with van der Waals surface area (Å²) in [6, 6.07) is 8.11. The number of carboxylic acids is 1. The zero-order chi connectivity index (χ0) is 15.2. The fraction of sp³-hybridized carbons (Fsp3) is 0.500. The molecular weight excluding hydrogens is 268 g/mol. The minimum atomic E-state index is -0.871. The van der Waals surface area contributed by atoms with Crippen molar-refractivity contribution in [1.82, 2.24) is 10.6 Å². The van der Waals surface area contributed by atoms with E-state index in [0.717, 1.165) is 19.3 Å². The van der Waals surface area contributed by atoms with Crippen LogP contribution in [0.4, 0.5) is 4.79 Å². The summed E-state index contributed by atoms with van der Waals surface area (Å²) in [6.45, 7) is 1.97. The Kier molecular flexibility index (Phi) is 5.20. The van der Waals surface area contributed by atoms with E-state index in [1.165, 1.54) is 11.1 Å². The molecule has 2 amide bonds. The lowest BCUT2D eigenvalue weighted by molar-refractivity contribution is -0.141. The van der Waals surface area contributed by atoms with Crippen molar-refractivity contribution in [3.8, 4) is 0 Å². The molecular formula is C16H22N2O3. The molecule has 0 radical (unpaired) electrons. The summed E-state index contributed by atoms with van der Waals surface area (Å²) in [7, 11) is 0. The molecule has 2 rings (SSSR count). The van der Waals surface area contributed by atoms with Crippen molar-refractivity contribution in [2.24, 2.45) is 5.92 Å². The van der Waals surface area contributed by atoms with Gasteiger partial charge in [-0.15, -0.1) is 0 Å². The van der Waals surface area contributed by atoms with Crippen LogP contribution in [-0.2, 0) is 17.6 Å². The van der Waals surface area contributed by atoms with E-state index in [4.69, 9.17) is 5.11 Å². The summed E-state index contributed by atoms with van der Waals surface area (Å²) < 4.78 is 0. The molecule has 1 aliphatic carbocycles. The number of benzene rings is 1. The normalized spacial score (nSPS) is 18.4. The van der Waals surface area contributed by atoms with Gasteiger partial charge in [0.15, 0.2) is 0 Å². The zero-order valence-corrected chi connectivity index (χ0v) is 12.3. The van der Waals surface area contributed by atoms with E-state index in [1.807, 2.05) is 12.1 Å². The summed E-state index contributed by atoms with van der Waals surface area (Å²) in [5.74, 6) is -1.40. The van der Waals surface area contributed by atoms with E-state index in [0.29, 0.717) is 6.42 Å². The highest BCUT2D eigenvalue weighted by molar-refractivity contribution is 5.76. The third-order valence-corrected chi connectivity index (χ3v) is 4.03. The number of nitrogens with one attached hydrogen (secondary N) is 2. The maximum Gasteiger partial charge on any atom is 0.315 e. The summed E-state index contributed by atoms with van der Waals surface area (Å²) >= 11 is 0. The predicted octanol–water partition coefficient (Wildman–Crippen LogP) is 1.95. The average molecular weight is 290 g/mol. The summed E-state index contributed by atoms with van der Waals surface area (Å²) in [5, 5.41) is 14.5. The molecule has 5 nitrogen and oxygen atoms in total. The van der Waals surface area contributed by atoms with Crippen LogP contribution in [-0.4, -0.2) is 29.7 Å². The van der Waals surface area contributed by atoms with Crippen LogP contribution < -0.4 is 10.6 Å². The Morgan fingerprint density at radius 1 is 1.33 bits per heavy atom. The fourth-order valence-corrected chi connectivity index (χ4v) is 2.68. The largest absolute Gasteiger partial charge is 0.481 e. The van der Waals surface area contributed by atoms with Gasteiger partial charge in [0.2, 0.25) is 0 Å². The number of fused-ring (bicyclic) bond motifs is 1. The van der Waals surface area contributed by atoms with Crippen molar-refractivity contribution in [3.63, 3.8) is 0 Å². The Hall–Kier alpha value is -2.04. The van der Waals surface area contributed by atoms with Gasteiger partial charge in [0.1, 0.15) is 0 Å². The number of hydrogen-bond acceptors (Lipinski definition) is 2. The van der Waals surface area contributed by atoms with Crippen molar-refractivity contribution < 1.29 is 14.7 Å². The number of carbonyl (C=O) groups is 2. The van der Waals surface area contributed by atoms with E-state index in [1.54, 1.807) is 6.92 Å². The van der Waals surface area contributed by atoms with Gasteiger partial charge in [0, 0.05) is 12.6 Å². The highest BCUT2D eigenvalue weighted by atomic mass is 16.4. The third kappa shape index (κ3) is 4.21. The maximum absolute atomic E-state index is 11.9. The summed E-state index contributed by atoms with van der Waals surface area (Å²) in [6.07, 6.45) is 3.22. The Balaban J connectivity index is 1.80. The SMILES string of the molecule is CCC(CNC(=O)NC1CCc2ccccc2C1)C(=O)O. The molecule has 114 valence electrons. The van der Waals surface area contributed by atoms with E-state index < -0.39 is 11.9 Å². The molecule has 0 aliphatic heterocycles. The number of aryl methyl sites for hydroxylation is 1. The molecule has 1 aromatic rings. The Bertz CT molecular complexity index is 516. The van der Waals surface area contributed by atoms with Gasteiger partial charge in [-0.05, 0) is 36.8 Å². The van der Waals surface area contributed by atoms with Crippen LogP contribution in [0.1, 0.15) is 30.9 Å². The second-order valence-corrected chi connectivity index (χ2v) is 5.51. The molecule has 1 aromatic carbocycles. The fourth-order valence-electron chi connectivity index (χ4n) is 2.68. The van der Waals surface area contributed by atoms with Gasteiger partial charge < -0.3 is 15.7 Å². The van der Waals surface area contributed by atoms with E-state index >= 15 is 0 Å². The van der Waals surface area contributed by atoms with Crippen molar-refractivity contribution in [2.45, 2.75) is 38.6 Å². The molecule has 5 heteroatoms. The Morgan fingerprint density at radius 2 is 2.05 bits per heavy atom. The van der Waals surface area contributed by atoms with Gasteiger partial charge in [-0.25, -0.2) is 4.79 Å². The van der Waals surface area contributed by atoms with Crippen molar-refractivity contribution >= 4 is 12.0 Å². The van der Waals surface area contributed by atoms with E-state index in [2.05, 4.69) is 22.8 Å². The van der Waals surface area contributed by atoms with Crippen LogP contribution in [0.2, 0.25) is 0 Å². The van der Waals surface area contributed by atoms with Crippen LogP contribution in [0.25, 0.3) is 0 Å². The quantitative estimate of drug-likeness (QED) is 0.775. The van der Waals surface area contributed by atoms with Crippen LogP contribution in [0.5, 0.6) is 0 Å². The number of amides is 2. The lowest BCUT2D eigenvalue weighted by Crippen LogP contribution is -2.46. The molecule has 3 N–H and O–H groups in total. The van der Waals surface area contributed by atoms with Gasteiger partial charge >= 0.3 is 12.0 Å². The van der Waals surface area contributed by atoms with E-state index in [9.17, 15) is 9.59 Å². The van der Waals surface area contributed by atoms with Crippen molar-refractivity contribution in [2.75, 3.05) is 6.54 Å². The summed E-state index contributed by atoms with van der Waals surface area (Å²) in [5.41, 5.74) is 2.64. The predicted molar refractivity (Wildman–Crippen MR) is 80.2 cm³/mol. The molecule has 21 heavy (non-hydrogen) atoms. The number of carbonyl (C=O) groups excluding carboxylic acids is 1. The molecule has 0 fully saturated rings. The first-order valence-corrected chi connectivity index (χ1v) is 7.44. The monoisotopic (exact) mass is 290 g/mol. The molecule has 2 atom stereocenters. The first-order chi connectivity index (χ1) is 10.1. The van der Waals surface area contributed by atoms with Crippen LogP contribution in [0, 0.1) is 5.92 Å². The summed E-state index contributed by atoms with van der Waals surface area (Å²) in [4.78, 5) is 22.7. The number of carboxylic acid groups (broad SMARTS) is 1. The Labute approximate surface area is 124 Å². The van der Waals surface area contributed by atoms with Gasteiger partial charge in [-0.2, -0.15) is 0 Å². The highest BCUT2D eigenvalue weighted by Crippen LogP contribution is 2.20. The Morgan fingerprint density at radius 3 is 2.71 bits per heavy atom. The number of hydrogen-bond donors (Lipinski definition) is 3. The van der Waals surface area contributed by atoms with E-state index in [-0.39, 0.29) is 18.6 Å². The average Bonchev–Trinajstić information content (AvgIpc) is 2.47. The maximum atomic E-state index is 11.9. The third-order valence-electron chi connectivity index (χ3n) is 4.03. The van der Waals surface area contributed by atoms with Crippen molar-refractivity contribution in [1.29, 1.82) is 0 Å². The molecule has 1 aliphatic rings. The minimum Gasteiger partial charge on any atom is -0.481 e. The molecule has 0 heterocycles. The number of rotatable bonds is 5. The number of urea groups is 1. The van der Waals surface area contributed by atoms with Crippen LogP contribution in [0.15, 0.2) is 24.3 Å². The van der Waals surface area contributed by atoms with Crippen LogP contribution in [0.3, 0.4) is 0 Å². The lowest BCUT2D eigenvalue weighted by Gasteiger charge is -2.25. The standard InChI is InChI=1S/C16H22N2O3/c1-2-11(15(19)20)10-17-16(21)18-14-8-7-12-5-3-4-6-13(12)9-14/h3-6,11,14H,2,7-10H2,1H3,(H,19,20)(H2,17,18,21). The van der Waals surface area contributed by atoms with Crippen LogP contribution >= 0.6 is 0 Å². The first-order valence-electron chi connectivity index (χ1n) is 7.44. The lowest BCUT2D eigenvalue weighted by atomic mass is 9.88. The molecule has 0 saturated carbocycles. The number of aliphatic carboxylic acids is 1. The topological polar surface area (TPSA) is 78.4 Å². The zero-order valence-electron chi connectivity index (χ0n) is 12.3. The smallest absolute Gasteiger partial charge is 0.315 e. The first kappa shape index (κ1) is 15.4. The van der Waals surface area contributed by atoms with Gasteiger partial charge in [0.25, 0.3) is 0 Å². The van der Waals surface area contributed by atoms with Gasteiger partial charge in [-0.3, -0.25) is 4.79 Å². The second kappa shape index (κ2) is 7.11. The van der Waals surface area contributed by atoms with Crippen molar-refractivity contribution in [3.05, 3.63) is 35.4 Å².